The Labute approximate surface area is 137 Å². The van der Waals surface area contributed by atoms with Gasteiger partial charge in [-0.25, -0.2) is 8.42 Å². The lowest BCUT2D eigenvalue weighted by Crippen LogP contribution is -2.28. The van der Waals surface area contributed by atoms with Gasteiger partial charge < -0.3 is 9.64 Å². The first-order valence-corrected chi connectivity index (χ1v) is 9.28. The van der Waals surface area contributed by atoms with Crippen LogP contribution in [0.25, 0.3) is 0 Å². The van der Waals surface area contributed by atoms with Crippen LogP contribution in [-0.4, -0.2) is 46.5 Å². The van der Waals surface area contributed by atoms with Crippen molar-refractivity contribution in [3.05, 3.63) is 27.7 Å². The molecule has 0 bridgehead atoms. The highest BCUT2D eigenvalue weighted by Crippen LogP contribution is 2.28. The molecule has 1 rings (SSSR count). The molecule has 0 saturated carbocycles. The van der Waals surface area contributed by atoms with Crippen LogP contribution in [0.2, 0.25) is 0 Å². The molecule has 0 aliphatic carbocycles. The Balaban J connectivity index is 3.09. The van der Waals surface area contributed by atoms with Gasteiger partial charge in [-0.3, -0.25) is 4.79 Å². The van der Waals surface area contributed by atoms with Crippen LogP contribution in [0.15, 0.2) is 21.5 Å². The molecule has 0 aliphatic heterocycles. The molecule has 118 valence electrons. The molecule has 0 aliphatic rings. The number of halogens is 2. The zero-order chi connectivity index (χ0) is 16.2. The van der Waals surface area contributed by atoms with E-state index in [2.05, 4.69) is 15.9 Å². The molecule has 0 N–H and O–H groups in total. The number of nitrogens with zero attached hydrogens (tertiary/aromatic N) is 1. The molecule has 0 spiro atoms. The first-order chi connectivity index (χ1) is 9.68. The molecule has 0 radical (unpaired) electrons. The maximum atomic E-state index is 12.3. The van der Waals surface area contributed by atoms with Crippen LogP contribution in [0.4, 0.5) is 0 Å². The van der Waals surface area contributed by atoms with E-state index in [4.69, 9.17) is 15.4 Å². The van der Waals surface area contributed by atoms with E-state index >= 15 is 0 Å². The van der Waals surface area contributed by atoms with Gasteiger partial charge in [0.25, 0.3) is 15.0 Å². The SMILES string of the molecule is COCCCN(C)C(=O)c1cc(Br)c(C)c(S(=O)(=O)Cl)c1. The summed E-state index contributed by atoms with van der Waals surface area (Å²) < 4.78 is 28.6. The molecule has 1 aromatic carbocycles. The van der Waals surface area contributed by atoms with Crippen molar-refractivity contribution in [2.45, 2.75) is 18.2 Å². The van der Waals surface area contributed by atoms with E-state index in [1.807, 2.05) is 0 Å². The average Bonchev–Trinajstić information content (AvgIpc) is 2.39. The van der Waals surface area contributed by atoms with Crippen molar-refractivity contribution in [1.82, 2.24) is 4.90 Å². The number of benzene rings is 1. The zero-order valence-electron chi connectivity index (χ0n) is 12.0. The number of rotatable bonds is 6. The Morgan fingerprint density at radius 1 is 1.43 bits per heavy atom. The lowest BCUT2D eigenvalue weighted by atomic mass is 10.1. The third-order valence-electron chi connectivity index (χ3n) is 2.99. The number of methoxy groups -OCH3 is 1. The minimum absolute atomic E-state index is 0.0628. The van der Waals surface area contributed by atoms with Gasteiger partial charge in [-0.15, -0.1) is 0 Å². The average molecular weight is 399 g/mol. The summed E-state index contributed by atoms with van der Waals surface area (Å²) in [5.41, 5.74) is 0.746. The molecule has 8 heteroatoms. The summed E-state index contributed by atoms with van der Waals surface area (Å²) in [7, 11) is 4.74. The minimum atomic E-state index is -3.91. The molecule has 0 unspecified atom stereocenters. The summed E-state index contributed by atoms with van der Waals surface area (Å²) in [6, 6.07) is 2.90. The number of carbonyl (C=O) groups is 1. The van der Waals surface area contributed by atoms with Crippen molar-refractivity contribution in [3.8, 4) is 0 Å². The maximum Gasteiger partial charge on any atom is 0.261 e. The third-order valence-corrected chi connectivity index (χ3v) is 5.27. The Bertz CT molecular complexity index is 633. The van der Waals surface area contributed by atoms with E-state index in [9.17, 15) is 13.2 Å². The smallest absolute Gasteiger partial charge is 0.261 e. The molecule has 1 aromatic rings. The van der Waals surface area contributed by atoms with Gasteiger partial charge in [-0.1, -0.05) is 15.9 Å². The van der Waals surface area contributed by atoms with E-state index in [0.717, 1.165) is 0 Å². The van der Waals surface area contributed by atoms with Crippen LogP contribution in [-0.2, 0) is 13.8 Å². The summed E-state index contributed by atoms with van der Waals surface area (Å²) in [6.07, 6.45) is 0.701. The molecule has 0 heterocycles. The predicted molar refractivity (Wildman–Crippen MR) is 85.4 cm³/mol. The monoisotopic (exact) mass is 397 g/mol. The van der Waals surface area contributed by atoms with Gasteiger partial charge in [0.05, 0.1) is 4.90 Å². The Morgan fingerprint density at radius 3 is 2.57 bits per heavy atom. The van der Waals surface area contributed by atoms with Gasteiger partial charge in [0.1, 0.15) is 0 Å². The van der Waals surface area contributed by atoms with Crippen LogP contribution in [0.1, 0.15) is 22.3 Å². The van der Waals surface area contributed by atoms with E-state index in [1.54, 1.807) is 27.1 Å². The summed E-state index contributed by atoms with van der Waals surface area (Å²) >= 11 is 3.26. The maximum absolute atomic E-state index is 12.3. The molecule has 0 fully saturated rings. The lowest BCUT2D eigenvalue weighted by molar-refractivity contribution is 0.0779. The topological polar surface area (TPSA) is 63.7 Å². The highest BCUT2D eigenvalue weighted by Gasteiger charge is 2.20. The number of hydrogen-bond acceptors (Lipinski definition) is 4. The van der Waals surface area contributed by atoms with E-state index < -0.39 is 9.05 Å². The number of carbonyl (C=O) groups excluding carboxylic acids is 1. The lowest BCUT2D eigenvalue weighted by Gasteiger charge is -2.18. The van der Waals surface area contributed by atoms with Gasteiger partial charge >= 0.3 is 0 Å². The number of ether oxygens (including phenoxy) is 1. The number of amides is 1. The first kappa shape index (κ1) is 18.4. The summed E-state index contributed by atoms with van der Waals surface area (Å²) in [5, 5.41) is 0. The van der Waals surface area contributed by atoms with Crippen LogP contribution >= 0.6 is 26.6 Å². The van der Waals surface area contributed by atoms with Crippen LogP contribution in [0.5, 0.6) is 0 Å². The number of hydrogen-bond donors (Lipinski definition) is 0. The van der Waals surface area contributed by atoms with E-state index in [0.29, 0.717) is 29.6 Å². The molecule has 5 nitrogen and oxygen atoms in total. The first-order valence-electron chi connectivity index (χ1n) is 6.17. The van der Waals surface area contributed by atoms with Gasteiger partial charge in [0.15, 0.2) is 0 Å². The predicted octanol–water partition coefficient (Wildman–Crippen LogP) is 2.79. The Morgan fingerprint density at radius 2 is 2.05 bits per heavy atom. The second kappa shape index (κ2) is 7.58. The molecular formula is C13H17BrClNO4S. The standard InChI is InChI=1S/C13H17BrClNO4S/c1-9-11(14)7-10(8-12(9)21(15,18)19)13(17)16(2)5-4-6-20-3/h7-8H,4-6H2,1-3H3. The second-order valence-electron chi connectivity index (χ2n) is 4.59. The molecule has 0 aromatic heterocycles. The highest BCUT2D eigenvalue weighted by molar-refractivity contribution is 9.10. The van der Waals surface area contributed by atoms with Crippen molar-refractivity contribution < 1.29 is 17.9 Å². The zero-order valence-corrected chi connectivity index (χ0v) is 15.2. The minimum Gasteiger partial charge on any atom is -0.385 e. The van der Waals surface area contributed by atoms with Gasteiger partial charge in [0.2, 0.25) is 0 Å². The third kappa shape index (κ3) is 4.95. The van der Waals surface area contributed by atoms with Crippen molar-refractivity contribution in [2.24, 2.45) is 0 Å². The molecular weight excluding hydrogens is 382 g/mol. The largest absolute Gasteiger partial charge is 0.385 e. The Kier molecular flexibility index (Phi) is 6.65. The molecule has 21 heavy (non-hydrogen) atoms. The van der Waals surface area contributed by atoms with Crippen molar-refractivity contribution in [1.29, 1.82) is 0 Å². The Hall–Kier alpha value is -0.630. The van der Waals surface area contributed by atoms with Gasteiger partial charge in [-0.05, 0) is 31.0 Å². The van der Waals surface area contributed by atoms with Crippen LogP contribution in [0.3, 0.4) is 0 Å². The molecule has 0 atom stereocenters. The van der Waals surface area contributed by atoms with Gasteiger partial charge in [-0.2, -0.15) is 0 Å². The fourth-order valence-electron chi connectivity index (χ4n) is 1.80. The molecule has 0 saturated heterocycles. The van der Waals surface area contributed by atoms with Crippen LogP contribution in [0, 0.1) is 6.92 Å². The molecule has 1 amide bonds. The quantitative estimate of drug-likeness (QED) is 0.546. The van der Waals surface area contributed by atoms with Crippen molar-refractivity contribution >= 4 is 41.6 Å². The highest BCUT2D eigenvalue weighted by atomic mass is 79.9. The van der Waals surface area contributed by atoms with Crippen molar-refractivity contribution in [2.75, 3.05) is 27.3 Å². The summed E-state index contributed by atoms with van der Waals surface area (Å²) in [5.74, 6) is -0.270. The van der Waals surface area contributed by atoms with Gasteiger partial charge in [0, 0.05) is 48.0 Å². The fraction of sp³-hybridized carbons (Fsp3) is 0.462. The summed E-state index contributed by atoms with van der Waals surface area (Å²) in [4.78, 5) is 13.8. The van der Waals surface area contributed by atoms with E-state index in [-0.39, 0.29) is 16.4 Å². The van der Waals surface area contributed by atoms with E-state index in [1.165, 1.54) is 11.0 Å². The normalized spacial score (nSPS) is 11.5. The fourth-order valence-corrected chi connectivity index (χ4v) is 3.61. The summed E-state index contributed by atoms with van der Waals surface area (Å²) in [6.45, 7) is 2.69. The van der Waals surface area contributed by atoms with Crippen molar-refractivity contribution in [3.63, 3.8) is 0 Å². The van der Waals surface area contributed by atoms with Crippen LogP contribution < -0.4 is 0 Å². The second-order valence-corrected chi connectivity index (χ2v) is 7.98.